The third-order valence-corrected chi connectivity index (χ3v) is 7.93. The molecule has 1 aliphatic carbocycles. The maximum absolute atomic E-state index is 11.7. The van der Waals surface area contributed by atoms with Crippen molar-refractivity contribution in [1.82, 2.24) is 10.6 Å². The second-order valence-electron chi connectivity index (χ2n) is 8.28. The Morgan fingerprint density at radius 2 is 1.88 bits per heavy atom. The summed E-state index contributed by atoms with van der Waals surface area (Å²) < 4.78 is 29.1. The summed E-state index contributed by atoms with van der Waals surface area (Å²) in [5.74, 6) is 1.29. The minimum atomic E-state index is -2.86. The zero-order chi connectivity index (χ0) is 17.2. The molecule has 3 fully saturated rings. The van der Waals surface area contributed by atoms with Gasteiger partial charge < -0.3 is 10.1 Å². The summed E-state index contributed by atoms with van der Waals surface area (Å²) in [4.78, 5) is 0. The summed E-state index contributed by atoms with van der Waals surface area (Å²) in [5.41, 5.74) is 0. The molecule has 0 spiro atoms. The highest BCUT2D eigenvalue weighted by atomic mass is 32.2. The van der Waals surface area contributed by atoms with Crippen molar-refractivity contribution in [3.63, 3.8) is 0 Å². The van der Waals surface area contributed by atoms with Gasteiger partial charge in [-0.1, -0.05) is 0 Å². The van der Waals surface area contributed by atoms with Crippen LogP contribution in [0.1, 0.15) is 58.3 Å². The van der Waals surface area contributed by atoms with Crippen molar-refractivity contribution in [3.8, 4) is 0 Å². The Kier molecular flexibility index (Phi) is 6.22. The first kappa shape index (κ1) is 18.6. The molecule has 2 heterocycles. The Hall–Kier alpha value is -0.170. The van der Waals surface area contributed by atoms with Crippen LogP contribution < -0.4 is 10.6 Å². The van der Waals surface area contributed by atoms with E-state index in [1.807, 2.05) is 0 Å². The highest BCUT2D eigenvalue weighted by Crippen LogP contribution is 2.33. The van der Waals surface area contributed by atoms with E-state index in [-0.39, 0.29) is 5.25 Å². The molecule has 2 N–H and O–H groups in total. The molecule has 24 heavy (non-hydrogen) atoms. The van der Waals surface area contributed by atoms with Gasteiger partial charge in [-0.3, -0.25) is 5.32 Å². The average molecular weight is 359 g/mol. The average Bonchev–Trinajstić information content (AvgIpc) is 2.98. The van der Waals surface area contributed by atoms with E-state index in [4.69, 9.17) is 4.74 Å². The summed E-state index contributed by atoms with van der Waals surface area (Å²) in [7, 11) is -2.86. The summed E-state index contributed by atoms with van der Waals surface area (Å²) in [5, 5.41) is 7.41. The van der Waals surface area contributed by atoms with E-state index in [1.165, 1.54) is 31.9 Å². The highest BCUT2D eigenvalue weighted by molar-refractivity contribution is 7.91. The fourth-order valence-corrected chi connectivity index (χ4v) is 5.90. The minimum absolute atomic E-state index is 0.101. The van der Waals surface area contributed by atoms with Gasteiger partial charge in [-0.15, -0.1) is 0 Å². The summed E-state index contributed by atoms with van der Waals surface area (Å²) >= 11 is 0. The van der Waals surface area contributed by atoms with E-state index in [1.54, 1.807) is 0 Å². The molecule has 3 rings (SSSR count). The Balaban J connectivity index is 1.42. The second kappa shape index (κ2) is 8.02. The molecule has 2 aliphatic heterocycles. The lowest BCUT2D eigenvalue weighted by Gasteiger charge is -2.39. The first-order valence-electron chi connectivity index (χ1n) is 9.71. The van der Waals surface area contributed by atoms with Gasteiger partial charge in [-0.05, 0) is 70.1 Å². The Morgan fingerprint density at radius 1 is 1.12 bits per heavy atom. The molecule has 4 atom stereocenters. The first-order valence-corrected chi connectivity index (χ1v) is 11.7. The standard InChI is InChI=1S/C18H34N2O3S/c1-13-10-14(12-23-13)11-19-18-5-3-4-17(20-18)15-6-8-16(9-7-15)24(2,21)22/h13-20H,3-12H2,1-2H3. The van der Waals surface area contributed by atoms with Crippen molar-refractivity contribution in [2.24, 2.45) is 11.8 Å². The third-order valence-electron chi connectivity index (χ3n) is 6.25. The Bertz CT molecular complexity index is 502. The first-order chi connectivity index (χ1) is 11.4. The van der Waals surface area contributed by atoms with Crippen LogP contribution in [0.15, 0.2) is 0 Å². The molecule has 0 aromatic carbocycles. The number of hydrogen-bond donors (Lipinski definition) is 2. The summed E-state index contributed by atoms with van der Waals surface area (Å²) in [6, 6.07) is 0.551. The lowest BCUT2D eigenvalue weighted by atomic mass is 9.80. The smallest absolute Gasteiger partial charge is 0.150 e. The molecule has 140 valence electrons. The van der Waals surface area contributed by atoms with E-state index >= 15 is 0 Å². The van der Waals surface area contributed by atoms with Crippen LogP contribution in [-0.4, -0.2) is 51.4 Å². The topological polar surface area (TPSA) is 67.4 Å². The van der Waals surface area contributed by atoms with Gasteiger partial charge in [0.05, 0.1) is 24.1 Å². The van der Waals surface area contributed by atoms with Crippen molar-refractivity contribution < 1.29 is 13.2 Å². The molecule has 5 nitrogen and oxygen atoms in total. The second-order valence-corrected chi connectivity index (χ2v) is 10.6. The van der Waals surface area contributed by atoms with Crippen molar-refractivity contribution in [2.75, 3.05) is 19.4 Å². The van der Waals surface area contributed by atoms with Crippen LogP contribution in [0.5, 0.6) is 0 Å². The normalized spacial score (nSPS) is 41.4. The van der Waals surface area contributed by atoms with Crippen molar-refractivity contribution >= 4 is 9.84 Å². The van der Waals surface area contributed by atoms with Gasteiger partial charge in [0.25, 0.3) is 0 Å². The van der Waals surface area contributed by atoms with Crippen molar-refractivity contribution in [3.05, 3.63) is 0 Å². The number of rotatable bonds is 5. The van der Waals surface area contributed by atoms with Gasteiger partial charge in [0.1, 0.15) is 9.84 Å². The van der Waals surface area contributed by atoms with Gasteiger partial charge in [-0.2, -0.15) is 0 Å². The molecule has 2 saturated heterocycles. The van der Waals surface area contributed by atoms with Gasteiger partial charge in [0.2, 0.25) is 0 Å². The van der Waals surface area contributed by atoms with Crippen LogP contribution in [0.25, 0.3) is 0 Å². The van der Waals surface area contributed by atoms with Crippen molar-refractivity contribution in [1.29, 1.82) is 0 Å². The molecule has 1 saturated carbocycles. The van der Waals surface area contributed by atoms with E-state index < -0.39 is 9.84 Å². The van der Waals surface area contributed by atoms with Crippen LogP contribution in [0.2, 0.25) is 0 Å². The fraction of sp³-hybridized carbons (Fsp3) is 1.00. The van der Waals surface area contributed by atoms with E-state index in [9.17, 15) is 8.42 Å². The fourth-order valence-electron chi connectivity index (χ4n) is 4.78. The van der Waals surface area contributed by atoms with Gasteiger partial charge in [0, 0.05) is 18.8 Å². The lowest BCUT2D eigenvalue weighted by Crippen LogP contribution is -2.54. The molecule has 0 bridgehead atoms. The van der Waals surface area contributed by atoms with E-state index in [0.717, 1.165) is 38.8 Å². The Labute approximate surface area is 147 Å². The highest BCUT2D eigenvalue weighted by Gasteiger charge is 2.34. The number of sulfone groups is 1. The van der Waals surface area contributed by atoms with E-state index in [2.05, 4.69) is 17.6 Å². The SMILES string of the molecule is CC1CC(CNC2CCCC(C3CCC(S(C)(=O)=O)CC3)N2)CO1. The van der Waals surface area contributed by atoms with Gasteiger partial charge >= 0.3 is 0 Å². The number of piperidine rings is 1. The summed E-state index contributed by atoms with van der Waals surface area (Å²) in [6.07, 6.45) is 10.9. The summed E-state index contributed by atoms with van der Waals surface area (Å²) in [6.45, 7) is 4.08. The molecule has 4 unspecified atom stereocenters. The number of nitrogens with one attached hydrogen (secondary N) is 2. The zero-order valence-corrected chi connectivity index (χ0v) is 16.0. The number of ether oxygens (including phenoxy) is 1. The van der Waals surface area contributed by atoms with Crippen LogP contribution in [0.3, 0.4) is 0 Å². The third kappa shape index (κ3) is 4.93. The molecule has 6 heteroatoms. The van der Waals surface area contributed by atoms with Crippen LogP contribution in [-0.2, 0) is 14.6 Å². The zero-order valence-electron chi connectivity index (χ0n) is 15.2. The maximum Gasteiger partial charge on any atom is 0.150 e. The lowest BCUT2D eigenvalue weighted by molar-refractivity contribution is 0.119. The van der Waals surface area contributed by atoms with Crippen molar-refractivity contribution in [2.45, 2.75) is 81.9 Å². The Morgan fingerprint density at radius 3 is 2.50 bits per heavy atom. The van der Waals surface area contributed by atoms with Crippen LogP contribution in [0, 0.1) is 11.8 Å². The monoisotopic (exact) mass is 358 g/mol. The number of hydrogen-bond acceptors (Lipinski definition) is 5. The predicted molar refractivity (Wildman–Crippen MR) is 96.7 cm³/mol. The van der Waals surface area contributed by atoms with Gasteiger partial charge in [0.15, 0.2) is 0 Å². The quantitative estimate of drug-likeness (QED) is 0.787. The van der Waals surface area contributed by atoms with Crippen LogP contribution >= 0.6 is 0 Å². The molecular weight excluding hydrogens is 324 g/mol. The minimum Gasteiger partial charge on any atom is -0.378 e. The van der Waals surface area contributed by atoms with Crippen LogP contribution in [0.4, 0.5) is 0 Å². The molecule has 0 aromatic rings. The molecule has 0 radical (unpaired) electrons. The molecular formula is C18H34N2O3S. The molecule has 0 aromatic heterocycles. The maximum atomic E-state index is 11.7. The van der Waals surface area contributed by atoms with Gasteiger partial charge in [-0.25, -0.2) is 8.42 Å². The molecule has 0 amide bonds. The predicted octanol–water partition coefficient (Wildman–Crippen LogP) is 2.07. The molecule has 3 aliphatic rings. The van der Waals surface area contributed by atoms with E-state index in [0.29, 0.717) is 30.1 Å². The largest absolute Gasteiger partial charge is 0.378 e.